The van der Waals surface area contributed by atoms with E-state index in [-0.39, 0.29) is 11.9 Å². The molecule has 1 aliphatic heterocycles. The first-order chi connectivity index (χ1) is 12.0. The molecule has 26 heavy (non-hydrogen) atoms. The molecule has 1 aromatic rings. The van der Waals surface area contributed by atoms with Crippen LogP contribution < -0.4 is 4.90 Å². The van der Waals surface area contributed by atoms with Gasteiger partial charge in [0.15, 0.2) is 0 Å². The van der Waals surface area contributed by atoms with Crippen molar-refractivity contribution in [3.05, 3.63) is 35.4 Å². The zero-order chi connectivity index (χ0) is 19.5. The molecule has 0 bridgehead atoms. The number of rotatable bonds is 3. The second-order valence-corrected chi connectivity index (χ2v) is 7.57. The molecular weight excluding hydrogens is 343 g/mol. The third-order valence-corrected chi connectivity index (χ3v) is 4.28. The minimum absolute atomic E-state index is 0.207. The highest BCUT2D eigenvalue weighted by molar-refractivity contribution is 5.74. The maximum atomic E-state index is 13.1. The fourth-order valence-electron chi connectivity index (χ4n) is 3.06. The van der Waals surface area contributed by atoms with Gasteiger partial charge in [-0.15, -0.1) is 0 Å². The predicted molar refractivity (Wildman–Crippen MR) is 96.9 cm³/mol. The number of hydrogen-bond donors (Lipinski definition) is 0. The highest BCUT2D eigenvalue weighted by atomic mass is 19.4. The van der Waals surface area contributed by atoms with Gasteiger partial charge in [-0.05, 0) is 58.2 Å². The summed E-state index contributed by atoms with van der Waals surface area (Å²) in [6, 6.07) is 3.80. The lowest BCUT2D eigenvalue weighted by Gasteiger charge is -2.35. The first-order valence-electron chi connectivity index (χ1n) is 8.83. The average molecular weight is 369 g/mol. The zero-order valence-corrected chi connectivity index (χ0v) is 15.7. The molecule has 0 unspecified atom stereocenters. The third-order valence-electron chi connectivity index (χ3n) is 4.28. The summed E-state index contributed by atoms with van der Waals surface area (Å²) >= 11 is 0. The lowest BCUT2D eigenvalue weighted by molar-refractivity contribution is -0.160. The monoisotopic (exact) mass is 369 g/mol. The number of nitrogens with zero attached hydrogens (tertiary/aromatic N) is 1. The smallest absolute Gasteiger partial charge is 0.416 e. The maximum Gasteiger partial charge on any atom is 0.416 e. The van der Waals surface area contributed by atoms with Gasteiger partial charge in [0.25, 0.3) is 0 Å². The maximum absolute atomic E-state index is 13.1. The summed E-state index contributed by atoms with van der Waals surface area (Å²) in [6.07, 6.45) is 0.369. The van der Waals surface area contributed by atoms with Crippen LogP contribution in [-0.4, -0.2) is 24.7 Å². The van der Waals surface area contributed by atoms with Crippen molar-refractivity contribution < 1.29 is 22.7 Å². The molecule has 144 valence electrons. The molecule has 6 heteroatoms. The van der Waals surface area contributed by atoms with Crippen LogP contribution in [0.3, 0.4) is 0 Å². The van der Waals surface area contributed by atoms with Crippen molar-refractivity contribution in [1.29, 1.82) is 0 Å². The van der Waals surface area contributed by atoms with E-state index in [1.807, 2.05) is 32.6 Å². The summed E-state index contributed by atoms with van der Waals surface area (Å²) in [4.78, 5) is 14.1. The first kappa shape index (κ1) is 20.3. The molecule has 3 nitrogen and oxygen atoms in total. The molecule has 1 saturated heterocycles. The topological polar surface area (TPSA) is 29.5 Å². The van der Waals surface area contributed by atoms with Crippen LogP contribution in [0, 0.1) is 5.92 Å². The van der Waals surface area contributed by atoms with Gasteiger partial charge in [-0.25, -0.2) is 0 Å². The Balaban J connectivity index is 2.16. The van der Waals surface area contributed by atoms with Gasteiger partial charge in [-0.3, -0.25) is 4.79 Å². The fourth-order valence-corrected chi connectivity index (χ4v) is 3.06. The fraction of sp³-hybridized carbons (Fsp3) is 0.550. The molecule has 1 aromatic carbocycles. The molecule has 1 heterocycles. The number of hydrogen-bond acceptors (Lipinski definition) is 3. The van der Waals surface area contributed by atoms with Gasteiger partial charge in [0.05, 0.1) is 11.5 Å². The van der Waals surface area contributed by atoms with Crippen molar-refractivity contribution in [2.45, 2.75) is 52.3 Å². The summed E-state index contributed by atoms with van der Waals surface area (Å²) in [5.41, 5.74) is 0.112. The van der Waals surface area contributed by atoms with Crippen LogP contribution in [0.15, 0.2) is 24.3 Å². The SMILES string of the molecule is C/C=C/c1ccc(C(F)(F)F)cc1N1CCC(C(=O)OC(C)(C)C)CC1. The van der Waals surface area contributed by atoms with Crippen molar-refractivity contribution in [2.24, 2.45) is 5.92 Å². The molecule has 0 radical (unpaired) electrons. The van der Waals surface area contributed by atoms with Crippen molar-refractivity contribution in [3.63, 3.8) is 0 Å². The zero-order valence-electron chi connectivity index (χ0n) is 15.7. The molecule has 0 aromatic heterocycles. The molecule has 0 saturated carbocycles. The number of carbonyl (C=O) groups is 1. The number of benzene rings is 1. The second-order valence-electron chi connectivity index (χ2n) is 7.57. The number of ether oxygens (including phenoxy) is 1. The highest BCUT2D eigenvalue weighted by Gasteiger charge is 2.33. The van der Waals surface area contributed by atoms with E-state index in [2.05, 4.69) is 0 Å². The van der Waals surface area contributed by atoms with E-state index >= 15 is 0 Å². The lowest BCUT2D eigenvalue weighted by Crippen LogP contribution is -2.39. The Morgan fingerprint density at radius 1 is 1.19 bits per heavy atom. The van der Waals surface area contributed by atoms with E-state index in [0.29, 0.717) is 31.6 Å². The molecule has 0 atom stereocenters. The molecule has 1 fully saturated rings. The van der Waals surface area contributed by atoms with E-state index in [1.165, 1.54) is 12.1 Å². The Morgan fingerprint density at radius 3 is 2.31 bits per heavy atom. The van der Waals surface area contributed by atoms with Gasteiger partial charge in [-0.1, -0.05) is 18.2 Å². The van der Waals surface area contributed by atoms with Crippen molar-refractivity contribution >= 4 is 17.7 Å². The number of anilines is 1. The van der Waals surface area contributed by atoms with Crippen LogP contribution in [0.1, 0.15) is 51.7 Å². The summed E-state index contributed by atoms with van der Waals surface area (Å²) in [5, 5.41) is 0. The first-order valence-corrected chi connectivity index (χ1v) is 8.83. The number of piperidine rings is 1. The Morgan fingerprint density at radius 2 is 1.81 bits per heavy atom. The average Bonchev–Trinajstić information content (AvgIpc) is 2.53. The van der Waals surface area contributed by atoms with E-state index in [0.717, 1.165) is 11.6 Å². The van der Waals surface area contributed by atoms with Crippen molar-refractivity contribution in [2.75, 3.05) is 18.0 Å². The van der Waals surface area contributed by atoms with Crippen molar-refractivity contribution in [3.8, 4) is 0 Å². The Bertz CT molecular complexity index is 667. The Kier molecular flexibility index (Phi) is 6.04. The van der Waals surface area contributed by atoms with E-state index in [4.69, 9.17) is 4.74 Å². The lowest BCUT2D eigenvalue weighted by atomic mass is 9.95. The van der Waals surface area contributed by atoms with Gasteiger partial charge in [0.2, 0.25) is 0 Å². The van der Waals surface area contributed by atoms with E-state index in [9.17, 15) is 18.0 Å². The third kappa shape index (κ3) is 5.26. The Hall–Kier alpha value is -1.98. The number of halogens is 3. The number of alkyl halides is 3. The molecular formula is C20H26F3NO2. The van der Waals surface area contributed by atoms with Crippen LogP contribution in [0.4, 0.5) is 18.9 Å². The summed E-state index contributed by atoms with van der Waals surface area (Å²) in [5.74, 6) is -0.434. The van der Waals surface area contributed by atoms with Crippen LogP contribution in [0.25, 0.3) is 6.08 Å². The summed E-state index contributed by atoms with van der Waals surface area (Å²) in [7, 11) is 0. The van der Waals surface area contributed by atoms with Crippen LogP contribution in [0.5, 0.6) is 0 Å². The largest absolute Gasteiger partial charge is 0.460 e. The van der Waals surface area contributed by atoms with Crippen LogP contribution in [0.2, 0.25) is 0 Å². The quantitative estimate of drug-likeness (QED) is 0.678. The number of carbonyl (C=O) groups excluding carboxylic acids is 1. The molecule has 0 aliphatic carbocycles. The van der Waals surface area contributed by atoms with Gasteiger partial charge in [0.1, 0.15) is 5.60 Å². The summed E-state index contributed by atoms with van der Waals surface area (Å²) < 4.78 is 44.7. The predicted octanol–water partition coefficient (Wildman–Crippen LogP) is 5.30. The normalized spacial score (nSPS) is 17.0. The molecule has 1 aliphatic rings. The summed E-state index contributed by atoms with van der Waals surface area (Å²) in [6.45, 7) is 8.35. The highest BCUT2D eigenvalue weighted by Crippen LogP contribution is 2.35. The molecule has 0 spiro atoms. The molecule has 2 rings (SSSR count). The van der Waals surface area contributed by atoms with E-state index in [1.54, 1.807) is 12.2 Å². The standard InChI is InChI=1S/C20H26F3NO2/c1-5-6-14-7-8-16(20(21,22)23)13-17(14)24-11-9-15(10-12-24)18(25)26-19(2,3)4/h5-8,13,15H,9-12H2,1-4H3/b6-5+. The van der Waals surface area contributed by atoms with Gasteiger partial charge in [0, 0.05) is 18.8 Å². The minimum Gasteiger partial charge on any atom is -0.460 e. The second kappa shape index (κ2) is 7.72. The van der Waals surface area contributed by atoms with Crippen LogP contribution in [-0.2, 0) is 15.7 Å². The van der Waals surface area contributed by atoms with Crippen LogP contribution >= 0.6 is 0 Å². The minimum atomic E-state index is -4.38. The Labute approximate surface area is 152 Å². The van der Waals surface area contributed by atoms with E-state index < -0.39 is 17.3 Å². The van der Waals surface area contributed by atoms with Gasteiger partial charge < -0.3 is 9.64 Å². The number of allylic oxidation sites excluding steroid dienone is 1. The van der Waals surface area contributed by atoms with Gasteiger partial charge in [-0.2, -0.15) is 13.2 Å². The number of esters is 1. The molecule has 0 N–H and O–H groups in total. The van der Waals surface area contributed by atoms with Gasteiger partial charge >= 0.3 is 12.1 Å². The molecule has 0 amide bonds. The van der Waals surface area contributed by atoms with Crippen molar-refractivity contribution in [1.82, 2.24) is 0 Å².